The molecular formula is C19H17BrO2. The fraction of sp³-hybridized carbons (Fsp3) is 0.211. The number of methoxy groups -OCH3 is 1. The monoisotopic (exact) mass is 356 g/mol. The number of allylic oxidation sites excluding steroid dienone is 1. The van der Waals surface area contributed by atoms with Crippen LogP contribution in [0.4, 0.5) is 0 Å². The number of hydrogen-bond acceptors (Lipinski definition) is 2. The normalized spacial score (nSPS) is 21.6. The fourth-order valence-electron chi connectivity index (χ4n) is 2.86. The summed E-state index contributed by atoms with van der Waals surface area (Å²) in [5.74, 6) is -0.172. The highest BCUT2D eigenvalue weighted by molar-refractivity contribution is 9.10. The van der Waals surface area contributed by atoms with Gasteiger partial charge in [0.05, 0.1) is 7.11 Å². The molecule has 3 heteroatoms. The summed E-state index contributed by atoms with van der Waals surface area (Å²) in [4.78, 5) is 12.3. The number of esters is 1. The van der Waals surface area contributed by atoms with Crippen molar-refractivity contribution in [2.45, 2.75) is 18.3 Å². The molecule has 1 atom stereocenters. The minimum atomic E-state index is -0.579. The maximum Gasteiger partial charge on any atom is 0.320 e. The Morgan fingerprint density at radius 3 is 2.50 bits per heavy atom. The number of carbonyl (C=O) groups excluding carboxylic acids is 1. The van der Waals surface area contributed by atoms with Crippen molar-refractivity contribution in [1.29, 1.82) is 0 Å². The molecule has 0 spiro atoms. The SMILES string of the molecule is COC(=O)[C@]1(c2ccc(Br)cc2)C/C1=C\Cc1ccccc1. The van der Waals surface area contributed by atoms with Gasteiger partial charge in [-0.3, -0.25) is 4.79 Å². The van der Waals surface area contributed by atoms with E-state index in [1.54, 1.807) is 0 Å². The van der Waals surface area contributed by atoms with Gasteiger partial charge in [-0.15, -0.1) is 0 Å². The van der Waals surface area contributed by atoms with Gasteiger partial charge in [-0.1, -0.05) is 70.0 Å². The summed E-state index contributed by atoms with van der Waals surface area (Å²) in [5.41, 5.74) is 2.81. The average molecular weight is 357 g/mol. The smallest absolute Gasteiger partial charge is 0.320 e. The lowest BCUT2D eigenvalue weighted by Crippen LogP contribution is -2.22. The first-order valence-corrected chi connectivity index (χ1v) is 8.04. The summed E-state index contributed by atoms with van der Waals surface area (Å²) in [6.07, 6.45) is 3.74. The third-order valence-corrected chi connectivity index (χ3v) is 4.71. The first-order valence-electron chi connectivity index (χ1n) is 7.25. The van der Waals surface area contributed by atoms with E-state index in [9.17, 15) is 4.79 Å². The third-order valence-electron chi connectivity index (χ3n) is 4.18. The van der Waals surface area contributed by atoms with Gasteiger partial charge in [-0.25, -0.2) is 0 Å². The third kappa shape index (κ3) is 2.73. The molecule has 112 valence electrons. The van der Waals surface area contributed by atoms with Crippen LogP contribution in [0.25, 0.3) is 0 Å². The zero-order valence-corrected chi connectivity index (χ0v) is 14.0. The lowest BCUT2D eigenvalue weighted by molar-refractivity contribution is -0.143. The molecule has 0 N–H and O–H groups in total. The standard InChI is InChI=1S/C19H17BrO2/c1-22-18(21)19(15-9-11-17(20)12-10-15)13-16(19)8-7-14-5-3-2-4-6-14/h2-6,8-12H,7,13H2,1H3/b16-8+/t19-/m0/s1. The van der Waals surface area contributed by atoms with Crippen LogP contribution in [-0.4, -0.2) is 13.1 Å². The molecule has 1 aliphatic rings. The van der Waals surface area contributed by atoms with Crippen LogP contribution in [0.2, 0.25) is 0 Å². The molecule has 2 aromatic rings. The molecule has 1 aliphatic carbocycles. The van der Waals surface area contributed by atoms with Crippen molar-refractivity contribution < 1.29 is 9.53 Å². The van der Waals surface area contributed by atoms with Crippen LogP contribution < -0.4 is 0 Å². The van der Waals surface area contributed by atoms with Crippen molar-refractivity contribution in [2.75, 3.05) is 7.11 Å². The molecule has 0 saturated heterocycles. The van der Waals surface area contributed by atoms with Gasteiger partial charge in [0.1, 0.15) is 5.41 Å². The van der Waals surface area contributed by atoms with E-state index in [0.717, 1.165) is 28.5 Å². The highest BCUT2D eigenvalue weighted by atomic mass is 79.9. The van der Waals surface area contributed by atoms with Gasteiger partial charge in [0.15, 0.2) is 0 Å². The van der Waals surface area contributed by atoms with Crippen LogP contribution >= 0.6 is 15.9 Å². The molecule has 0 aromatic heterocycles. The summed E-state index contributed by atoms with van der Waals surface area (Å²) in [6, 6.07) is 18.2. The van der Waals surface area contributed by atoms with E-state index in [1.165, 1.54) is 12.7 Å². The molecule has 1 saturated carbocycles. The predicted octanol–water partition coefficient (Wildman–Crippen LogP) is 4.43. The van der Waals surface area contributed by atoms with Gasteiger partial charge >= 0.3 is 5.97 Å². The van der Waals surface area contributed by atoms with Crippen LogP contribution in [0.5, 0.6) is 0 Å². The van der Waals surface area contributed by atoms with Gasteiger partial charge < -0.3 is 4.74 Å². The minimum Gasteiger partial charge on any atom is -0.468 e. The molecule has 3 rings (SSSR count). The van der Waals surface area contributed by atoms with Gasteiger partial charge in [-0.05, 0) is 36.1 Å². The number of halogens is 1. The van der Waals surface area contributed by atoms with Crippen molar-refractivity contribution in [1.82, 2.24) is 0 Å². The highest BCUT2D eigenvalue weighted by Crippen LogP contribution is 2.55. The second-order valence-electron chi connectivity index (χ2n) is 5.50. The quantitative estimate of drug-likeness (QED) is 0.598. The Kier molecular flexibility index (Phi) is 4.16. The van der Waals surface area contributed by atoms with Crippen molar-refractivity contribution >= 4 is 21.9 Å². The number of hydrogen-bond donors (Lipinski definition) is 0. The Labute approximate surface area is 138 Å². The lowest BCUT2D eigenvalue weighted by Gasteiger charge is -2.13. The molecule has 0 radical (unpaired) electrons. The molecule has 2 aromatic carbocycles. The summed E-state index contributed by atoms with van der Waals surface area (Å²) in [6.45, 7) is 0. The Morgan fingerprint density at radius 2 is 1.86 bits per heavy atom. The zero-order chi connectivity index (χ0) is 15.6. The minimum absolute atomic E-state index is 0.172. The topological polar surface area (TPSA) is 26.3 Å². The molecular weight excluding hydrogens is 340 g/mol. The number of rotatable bonds is 4. The Morgan fingerprint density at radius 1 is 1.18 bits per heavy atom. The van der Waals surface area contributed by atoms with Gasteiger partial charge in [0, 0.05) is 4.47 Å². The molecule has 2 nitrogen and oxygen atoms in total. The van der Waals surface area contributed by atoms with E-state index in [4.69, 9.17) is 4.74 Å². The second-order valence-corrected chi connectivity index (χ2v) is 6.42. The van der Waals surface area contributed by atoms with Crippen LogP contribution in [-0.2, 0) is 21.4 Å². The van der Waals surface area contributed by atoms with E-state index in [0.29, 0.717) is 0 Å². The molecule has 22 heavy (non-hydrogen) atoms. The van der Waals surface area contributed by atoms with Crippen molar-refractivity contribution in [3.8, 4) is 0 Å². The summed E-state index contributed by atoms with van der Waals surface area (Å²) in [5, 5.41) is 0. The fourth-order valence-corrected chi connectivity index (χ4v) is 3.12. The molecule has 0 unspecified atom stereocenters. The van der Waals surface area contributed by atoms with E-state index in [-0.39, 0.29) is 5.97 Å². The predicted molar refractivity (Wildman–Crippen MR) is 90.7 cm³/mol. The summed E-state index contributed by atoms with van der Waals surface area (Å²) < 4.78 is 6.06. The molecule has 0 amide bonds. The molecule has 0 aliphatic heterocycles. The maximum atomic E-state index is 12.3. The second kappa shape index (κ2) is 6.09. The van der Waals surface area contributed by atoms with Crippen molar-refractivity contribution in [3.63, 3.8) is 0 Å². The Bertz CT molecular complexity index is 704. The Balaban J connectivity index is 1.87. The van der Waals surface area contributed by atoms with Gasteiger partial charge in [0.2, 0.25) is 0 Å². The number of carbonyl (C=O) groups is 1. The number of ether oxygens (including phenoxy) is 1. The molecule has 0 bridgehead atoms. The largest absolute Gasteiger partial charge is 0.468 e. The maximum absolute atomic E-state index is 12.3. The van der Waals surface area contributed by atoms with Crippen molar-refractivity contribution in [3.05, 3.63) is 81.8 Å². The molecule has 0 heterocycles. The van der Waals surface area contributed by atoms with E-state index < -0.39 is 5.41 Å². The first-order chi connectivity index (χ1) is 10.7. The van der Waals surface area contributed by atoms with Gasteiger partial charge in [-0.2, -0.15) is 0 Å². The molecule has 1 fully saturated rings. The van der Waals surface area contributed by atoms with E-state index in [1.807, 2.05) is 42.5 Å². The van der Waals surface area contributed by atoms with E-state index in [2.05, 4.69) is 34.1 Å². The van der Waals surface area contributed by atoms with Crippen LogP contribution in [0.15, 0.2) is 70.7 Å². The van der Waals surface area contributed by atoms with E-state index >= 15 is 0 Å². The van der Waals surface area contributed by atoms with Crippen molar-refractivity contribution in [2.24, 2.45) is 0 Å². The lowest BCUT2D eigenvalue weighted by atomic mass is 9.94. The highest BCUT2D eigenvalue weighted by Gasteiger charge is 2.57. The first kappa shape index (κ1) is 15.0. The Hall–Kier alpha value is -1.87. The summed E-state index contributed by atoms with van der Waals surface area (Å²) in [7, 11) is 1.45. The summed E-state index contributed by atoms with van der Waals surface area (Å²) >= 11 is 3.43. The average Bonchev–Trinajstić information content (AvgIpc) is 3.29. The van der Waals surface area contributed by atoms with Crippen LogP contribution in [0.1, 0.15) is 17.5 Å². The van der Waals surface area contributed by atoms with Gasteiger partial charge in [0.25, 0.3) is 0 Å². The zero-order valence-electron chi connectivity index (χ0n) is 12.4. The van der Waals surface area contributed by atoms with Crippen LogP contribution in [0.3, 0.4) is 0 Å². The number of benzene rings is 2. The van der Waals surface area contributed by atoms with Crippen LogP contribution in [0, 0.1) is 0 Å².